The van der Waals surface area contributed by atoms with Crippen LogP contribution >= 0.6 is 0 Å². The number of rotatable bonds is 5. The molecular formula is C19H18N4O4. The van der Waals surface area contributed by atoms with Gasteiger partial charge in [-0.05, 0) is 61.4 Å². The molecule has 0 spiro atoms. The molecular weight excluding hydrogens is 348 g/mol. The van der Waals surface area contributed by atoms with Crippen LogP contribution in [0.15, 0.2) is 53.3 Å². The first-order valence-electron chi connectivity index (χ1n) is 8.19. The lowest BCUT2D eigenvalue weighted by Gasteiger charge is -2.09. The van der Waals surface area contributed by atoms with Crippen LogP contribution in [0.5, 0.6) is 5.75 Å². The number of carbonyl (C=O) groups is 2. The maximum atomic E-state index is 11.9. The fourth-order valence-electron chi connectivity index (χ4n) is 2.29. The van der Waals surface area contributed by atoms with E-state index in [-0.39, 0.29) is 6.61 Å². The third-order valence-electron chi connectivity index (χ3n) is 3.85. The predicted octanol–water partition coefficient (Wildman–Crippen LogP) is 3.08. The van der Waals surface area contributed by atoms with Crippen molar-refractivity contribution in [2.75, 3.05) is 11.9 Å². The van der Waals surface area contributed by atoms with E-state index in [1.807, 2.05) is 26.0 Å². The summed E-state index contributed by atoms with van der Waals surface area (Å²) in [4.78, 5) is 23.7. The van der Waals surface area contributed by atoms with Gasteiger partial charge in [0, 0.05) is 11.3 Å². The molecule has 0 aliphatic rings. The number of imide groups is 1. The van der Waals surface area contributed by atoms with E-state index in [4.69, 9.17) is 9.15 Å². The van der Waals surface area contributed by atoms with Crippen LogP contribution in [0.4, 0.5) is 10.5 Å². The van der Waals surface area contributed by atoms with Crippen LogP contribution in [0.3, 0.4) is 0 Å². The van der Waals surface area contributed by atoms with Crippen molar-refractivity contribution >= 4 is 17.6 Å². The van der Waals surface area contributed by atoms with Crippen molar-refractivity contribution < 1.29 is 18.7 Å². The maximum absolute atomic E-state index is 11.9. The fraction of sp³-hybridized carbons (Fsp3) is 0.158. The molecule has 8 nitrogen and oxygen atoms in total. The number of nitrogens with zero attached hydrogens (tertiary/aromatic N) is 2. The number of hydrogen-bond donors (Lipinski definition) is 2. The van der Waals surface area contributed by atoms with Crippen LogP contribution in [0, 0.1) is 13.8 Å². The molecule has 0 atom stereocenters. The lowest BCUT2D eigenvalue weighted by atomic mass is 10.1. The Hall–Kier alpha value is -3.68. The Bertz CT molecular complexity index is 937. The third kappa shape index (κ3) is 4.91. The summed E-state index contributed by atoms with van der Waals surface area (Å²) in [5, 5.41) is 12.2. The second-order valence-electron chi connectivity index (χ2n) is 5.86. The summed E-state index contributed by atoms with van der Waals surface area (Å²) in [7, 11) is 0. The van der Waals surface area contributed by atoms with Gasteiger partial charge in [0.2, 0.25) is 12.3 Å². The first-order chi connectivity index (χ1) is 13.0. The Morgan fingerprint density at radius 3 is 2.52 bits per heavy atom. The number of aryl methyl sites for hydroxylation is 2. The van der Waals surface area contributed by atoms with Crippen LogP contribution in [0.25, 0.3) is 11.5 Å². The van der Waals surface area contributed by atoms with Crippen molar-refractivity contribution in [3.8, 4) is 17.2 Å². The van der Waals surface area contributed by atoms with Gasteiger partial charge in [-0.3, -0.25) is 10.1 Å². The largest absolute Gasteiger partial charge is 0.484 e. The van der Waals surface area contributed by atoms with Gasteiger partial charge in [0.05, 0.1) is 0 Å². The molecule has 2 N–H and O–H groups in total. The van der Waals surface area contributed by atoms with E-state index in [1.165, 1.54) is 6.39 Å². The molecule has 2 aromatic carbocycles. The van der Waals surface area contributed by atoms with Gasteiger partial charge in [0.15, 0.2) is 6.61 Å². The summed E-state index contributed by atoms with van der Waals surface area (Å²) < 4.78 is 10.5. The van der Waals surface area contributed by atoms with Crippen LogP contribution in [0.2, 0.25) is 0 Å². The molecule has 1 aromatic heterocycles. The average molecular weight is 366 g/mol. The number of anilines is 1. The van der Waals surface area contributed by atoms with E-state index in [9.17, 15) is 9.59 Å². The SMILES string of the molecule is Cc1ccc(NC(=O)NC(=O)COc2ccc(-c3nnco3)cc2)cc1C. The monoisotopic (exact) mass is 366 g/mol. The van der Waals surface area contributed by atoms with E-state index >= 15 is 0 Å². The zero-order valence-electron chi connectivity index (χ0n) is 14.9. The molecule has 0 unspecified atom stereocenters. The van der Waals surface area contributed by atoms with Gasteiger partial charge >= 0.3 is 6.03 Å². The number of hydrogen-bond acceptors (Lipinski definition) is 6. The topological polar surface area (TPSA) is 106 Å². The highest BCUT2D eigenvalue weighted by molar-refractivity contribution is 6.01. The predicted molar refractivity (Wildman–Crippen MR) is 98.3 cm³/mol. The fourth-order valence-corrected chi connectivity index (χ4v) is 2.29. The molecule has 0 saturated heterocycles. The highest BCUT2D eigenvalue weighted by Gasteiger charge is 2.10. The number of amides is 3. The molecule has 0 aliphatic carbocycles. The Balaban J connectivity index is 1.47. The zero-order valence-corrected chi connectivity index (χ0v) is 14.9. The second kappa shape index (κ2) is 8.13. The van der Waals surface area contributed by atoms with Crippen molar-refractivity contribution in [2.24, 2.45) is 0 Å². The summed E-state index contributed by atoms with van der Waals surface area (Å²) in [5.41, 5.74) is 3.51. The summed E-state index contributed by atoms with van der Waals surface area (Å²) in [5.74, 6) is 0.308. The average Bonchev–Trinajstić information content (AvgIpc) is 3.18. The lowest BCUT2D eigenvalue weighted by molar-refractivity contribution is -0.121. The van der Waals surface area contributed by atoms with Gasteiger partial charge in [0.1, 0.15) is 5.75 Å². The smallest absolute Gasteiger partial charge is 0.325 e. The van der Waals surface area contributed by atoms with Gasteiger partial charge in [-0.1, -0.05) is 6.07 Å². The zero-order chi connectivity index (χ0) is 19.2. The summed E-state index contributed by atoms with van der Waals surface area (Å²) in [6, 6.07) is 11.7. The normalized spacial score (nSPS) is 10.3. The molecule has 8 heteroatoms. The van der Waals surface area contributed by atoms with E-state index in [2.05, 4.69) is 20.8 Å². The molecule has 0 saturated carbocycles. The molecule has 0 fully saturated rings. The molecule has 3 rings (SSSR count). The minimum Gasteiger partial charge on any atom is -0.484 e. The van der Waals surface area contributed by atoms with Crippen LogP contribution in [0.1, 0.15) is 11.1 Å². The van der Waals surface area contributed by atoms with Crippen molar-refractivity contribution in [3.05, 3.63) is 60.0 Å². The van der Waals surface area contributed by atoms with Crippen LogP contribution < -0.4 is 15.4 Å². The number of urea groups is 1. The van der Waals surface area contributed by atoms with Crippen LogP contribution in [-0.2, 0) is 4.79 Å². The molecule has 0 radical (unpaired) electrons. The Kier molecular flexibility index (Phi) is 5.46. The molecule has 138 valence electrons. The van der Waals surface area contributed by atoms with Gasteiger partial charge in [-0.15, -0.1) is 10.2 Å². The van der Waals surface area contributed by atoms with Gasteiger partial charge in [-0.2, -0.15) is 0 Å². The number of aromatic nitrogens is 2. The molecule has 1 heterocycles. The van der Waals surface area contributed by atoms with Crippen molar-refractivity contribution in [3.63, 3.8) is 0 Å². The van der Waals surface area contributed by atoms with Gasteiger partial charge in [0.25, 0.3) is 5.91 Å². The van der Waals surface area contributed by atoms with E-state index in [1.54, 1.807) is 30.3 Å². The third-order valence-corrected chi connectivity index (χ3v) is 3.85. The first kappa shape index (κ1) is 18.1. The molecule has 3 aromatic rings. The van der Waals surface area contributed by atoms with Crippen LogP contribution in [-0.4, -0.2) is 28.7 Å². The number of benzene rings is 2. The quantitative estimate of drug-likeness (QED) is 0.719. The summed E-state index contributed by atoms with van der Waals surface area (Å²) in [6.07, 6.45) is 1.24. The summed E-state index contributed by atoms with van der Waals surface area (Å²) in [6.45, 7) is 3.63. The van der Waals surface area contributed by atoms with Gasteiger partial charge in [-0.25, -0.2) is 4.79 Å². The number of nitrogens with one attached hydrogen (secondary N) is 2. The van der Waals surface area contributed by atoms with E-state index in [0.29, 0.717) is 17.3 Å². The standard InChI is InChI=1S/C19H18N4O4/c1-12-3-6-15(9-13(12)2)21-19(25)22-17(24)10-26-16-7-4-14(5-8-16)18-23-20-11-27-18/h3-9,11H,10H2,1-2H3,(H2,21,22,24,25). The Morgan fingerprint density at radius 1 is 1.07 bits per heavy atom. The van der Waals surface area contributed by atoms with Gasteiger partial charge < -0.3 is 14.5 Å². The summed E-state index contributed by atoms with van der Waals surface area (Å²) >= 11 is 0. The highest BCUT2D eigenvalue weighted by atomic mass is 16.5. The number of ether oxygens (including phenoxy) is 1. The second-order valence-corrected chi connectivity index (χ2v) is 5.86. The van der Waals surface area contributed by atoms with E-state index in [0.717, 1.165) is 16.7 Å². The highest BCUT2D eigenvalue weighted by Crippen LogP contribution is 2.20. The Morgan fingerprint density at radius 2 is 1.85 bits per heavy atom. The Labute approximate surface area is 155 Å². The molecule has 0 bridgehead atoms. The van der Waals surface area contributed by atoms with Crippen molar-refractivity contribution in [1.82, 2.24) is 15.5 Å². The number of carbonyl (C=O) groups excluding carboxylic acids is 2. The molecule has 27 heavy (non-hydrogen) atoms. The molecule has 3 amide bonds. The first-order valence-corrected chi connectivity index (χ1v) is 8.19. The van der Waals surface area contributed by atoms with Crippen molar-refractivity contribution in [1.29, 1.82) is 0 Å². The minimum atomic E-state index is -0.612. The van der Waals surface area contributed by atoms with E-state index < -0.39 is 11.9 Å². The molecule has 0 aliphatic heterocycles. The maximum Gasteiger partial charge on any atom is 0.325 e. The van der Waals surface area contributed by atoms with Crippen molar-refractivity contribution in [2.45, 2.75) is 13.8 Å². The lowest BCUT2D eigenvalue weighted by Crippen LogP contribution is -2.37. The minimum absolute atomic E-state index is 0.291.